The average Bonchev–Trinajstić information content (AvgIpc) is 3.28. The van der Waals surface area contributed by atoms with E-state index in [1.807, 2.05) is 18.3 Å². The molecule has 2 aromatic heterocycles. The van der Waals surface area contributed by atoms with Crippen molar-refractivity contribution in [2.24, 2.45) is 5.92 Å². The maximum absolute atomic E-state index is 12.5. The molecular weight excluding hydrogens is 362 g/mol. The molecule has 4 nitrogen and oxygen atoms in total. The van der Waals surface area contributed by atoms with Crippen LogP contribution in [0.5, 0.6) is 0 Å². The molecule has 0 aliphatic carbocycles. The first kappa shape index (κ1) is 19.5. The number of thiophene rings is 1. The van der Waals surface area contributed by atoms with Crippen molar-refractivity contribution < 1.29 is 4.79 Å². The fraction of sp³-hybridized carbons (Fsp3) is 0.600. The Morgan fingerprint density at radius 3 is 2.88 bits per heavy atom. The molecule has 3 rings (SSSR count). The standard InChI is InChI=1S/C20H29N3OS2/c1-3-4-7-18-22-15(2)19(26-18)20(24)21-13-16-8-10-23(11-9-16)14-17-6-5-12-25-17/h5-6,12,16H,3-4,7-11,13-14H2,1-2H3,(H,21,24). The van der Waals surface area contributed by atoms with Gasteiger partial charge in [-0.25, -0.2) is 4.98 Å². The number of aryl methyl sites for hydroxylation is 2. The zero-order valence-electron chi connectivity index (χ0n) is 15.8. The van der Waals surface area contributed by atoms with E-state index in [0.29, 0.717) is 5.92 Å². The summed E-state index contributed by atoms with van der Waals surface area (Å²) in [5.41, 5.74) is 0.879. The van der Waals surface area contributed by atoms with Gasteiger partial charge in [0.2, 0.25) is 0 Å². The fourth-order valence-electron chi connectivity index (χ4n) is 3.39. The number of carbonyl (C=O) groups excluding carboxylic acids is 1. The van der Waals surface area contributed by atoms with E-state index in [-0.39, 0.29) is 5.91 Å². The lowest BCUT2D eigenvalue weighted by atomic mass is 9.96. The van der Waals surface area contributed by atoms with Crippen molar-refractivity contribution in [2.45, 2.75) is 52.5 Å². The second-order valence-electron chi connectivity index (χ2n) is 7.13. The van der Waals surface area contributed by atoms with E-state index in [1.54, 1.807) is 11.3 Å². The van der Waals surface area contributed by atoms with E-state index < -0.39 is 0 Å². The van der Waals surface area contributed by atoms with Crippen molar-refractivity contribution in [3.8, 4) is 0 Å². The molecule has 1 amide bonds. The topological polar surface area (TPSA) is 45.2 Å². The molecule has 0 saturated carbocycles. The Balaban J connectivity index is 1.42. The van der Waals surface area contributed by atoms with E-state index in [2.05, 4.69) is 39.6 Å². The highest BCUT2D eigenvalue weighted by Gasteiger charge is 2.21. The van der Waals surface area contributed by atoms with Crippen LogP contribution in [0.15, 0.2) is 17.5 Å². The number of thiazole rings is 1. The van der Waals surface area contributed by atoms with Gasteiger partial charge in [-0.1, -0.05) is 19.4 Å². The summed E-state index contributed by atoms with van der Waals surface area (Å²) >= 11 is 3.40. The number of aromatic nitrogens is 1. The third-order valence-corrected chi connectivity index (χ3v) is 7.09. The van der Waals surface area contributed by atoms with E-state index in [0.717, 1.165) is 73.9 Å². The van der Waals surface area contributed by atoms with E-state index in [9.17, 15) is 4.79 Å². The van der Waals surface area contributed by atoms with Crippen LogP contribution in [0.1, 0.15) is 57.9 Å². The zero-order valence-corrected chi connectivity index (χ0v) is 17.4. The molecule has 3 heterocycles. The number of nitrogens with zero attached hydrogens (tertiary/aromatic N) is 2. The number of likely N-dealkylation sites (tertiary alicyclic amines) is 1. The summed E-state index contributed by atoms with van der Waals surface area (Å²) in [6.07, 6.45) is 5.60. The number of unbranched alkanes of at least 4 members (excludes halogenated alkanes) is 1. The van der Waals surface area contributed by atoms with Gasteiger partial charge in [-0.3, -0.25) is 9.69 Å². The fourth-order valence-corrected chi connectivity index (χ4v) is 5.16. The molecule has 1 aliphatic heterocycles. The van der Waals surface area contributed by atoms with Crippen molar-refractivity contribution in [2.75, 3.05) is 19.6 Å². The van der Waals surface area contributed by atoms with Crippen LogP contribution in [0.25, 0.3) is 0 Å². The Morgan fingerprint density at radius 1 is 1.38 bits per heavy atom. The van der Waals surface area contributed by atoms with Crippen LogP contribution in [-0.2, 0) is 13.0 Å². The van der Waals surface area contributed by atoms with Gasteiger partial charge in [-0.2, -0.15) is 0 Å². The van der Waals surface area contributed by atoms with E-state index in [4.69, 9.17) is 0 Å². The first-order chi connectivity index (χ1) is 12.7. The monoisotopic (exact) mass is 391 g/mol. The Labute approximate surface area is 164 Å². The highest BCUT2D eigenvalue weighted by Crippen LogP contribution is 2.22. The highest BCUT2D eigenvalue weighted by atomic mass is 32.1. The van der Waals surface area contributed by atoms with Crippen LogP contribution in [0, 0.1) is 12.8 Å². The van der Waals surface area contributed by atoms with Crippen molar-refractivity contribution >= 4 is 28.6 Å². The number of amides is 1. The van der Waals surface area contributed by atoms with Crippen LogP contribution >= 0.6 is 22.7 Å². The summed E-state index contributed by atoms with van der Waals surface area (Å²) in [5.74, 6) is 0.648. The number of hydrogen-bond donors (Lipinski definition) is 1. The first-order valence-electron chi connectivity index (χ1n) is 9.65. The molecule has 26 heavy (non-hydrogen) atoms. The second-order valence-corrected chi connectivity index (χ2v) is 9.25. The summed E-state index contributed by atoms with van der Waals surface area (Å²) in [4.78, 5) is 21.8. The molecule has 0 radical (unpaired) electrons. The highest BCUT2D eigenvalue weighted by molar-refractivity contribution is 7.13. The number of rotatable bonds is 8. The smallest absolute Gasteiger partial charge is 0.263 e. The summed E-state index contributed by atoms with van der Waals surface area (Å²) in [7, 11) is 0. The van der Waals surface area contributed by atoms with E-state index in [1.165, 1.54) is 4.88 Å². The Bertz CT molecular complexity index is 688. The van der Waals surface area contributed by atoms with Gasteiger partial charge in [0.1, 0.15) is 4.88 Å². The predicted octanol–water partition coefficient (Wildman–Crippen LogP) is 4.50. The molecule has 0 unspecified atom stereocenters. The Kier molecular flexibility index (Phi) is 7.23. The molecule has 0 atom stereocenters. The molecule has 0 spiro atoms. The summed E-state index contributed by atoms with van der Waals surface area (Å²) in [6.45, 7) is 8.23. The third kappa shape index (κ3) is 5.38. The van der Waals surface area contributed by atoms with Crippen LogP contribution in [0.4, 0.5) is 0 Å². The molecule has 2 aromatic rings. The lowest BCUT2D eigenvalue weighted by molar-refractivity contribution is 0.0938. The quantitative estimate of drug-likeness (QED) is 0.721. The third-order valence-electron chi connectivity index (χ3n) is 5.01. The molecule has 6 heteroatoms. The second kappa shape index (κ2) is 9.62. The molecule has 1 N–H and O–H groups in total. The van der Waals surface area contributed by atoms with Crippen LogP contribution in [0.3, 0.4) is 0 Å². The molecule has 1 fully saturated rings. The average molecular weight is 392 g/mol. The molecule has 0 aromatic carbocycles. The van der Waals surface area contributed by atoms with Gasteiger partial charge >= 0.3 is 0 Å². The van der Waals surface area contributed by atoms with Gasteiger partial charge in [0.25, 0.3) is 5.91 Å². The molecule has 1 saturated heterocycles. The maximum atomic E-state index is 12.5. The van der Waals surface area contributed by atoms with Gasteiger partial charge < -0.3 is 5.32 Å². The van der Waals surface area contributed by atoms with Crippen molar-refractivity contribution in [3.63, 3.8) is 0 Å². The van der Waals surface area contributed by atoms with Gasteiger partial charge in [-0.05, 0) is 63.1 Å². The number of nitrogens with one attached hydrogen (secondary N) is 1. The minimum atomic E-state index is 0.0590. The summed E-state index contributed by atoms with van der Waals surface area (Å²) < 4.78 is 0. The zero-order chi connectivity index (χ0) is 18.4. The summed E-state index contributed by atoms with van der Waals surface area (Å²) in [5, 5.41) is 6.39. The van der Waals surface area contributed by atoms with Crippen LogP contribution in [-0.4, -0.2) is 35.4 Å². The number of piperidine rings is 1. The minimum absolute atomic E-state index is 0.0590. The lowest BCUT2D eigenvalue weighted by Gasteiger charge is -2.31. The summed E-state index contributed by atoms with van der Waals surface area (Å²) in [6, 6.07) is 4.33. The molecule has 142 valence electrons. The van der Waals surface area contributed by atoms with Crippen molar-refractivity contribution in [1.29, 1.82) is 0 Å². The molecule has 1 aliphatic rings. The lowest BCUT2D eigenvalue weighted by Crippen LogP contribution is -2.38. The Hall–Kier alpha value is -1.24. The van der Waals surface area contributed by atoms with Gasteiger partial charge in [0.15, 0.2) is 0 Å². The SMILES string of the molecule is CCCCc1nc(C)c(C(=O)NCC2CCN(Cc3cccs3)CC2)s1. The minimum Gasteiger partial charge on any atom is -0.351 e. The number of carbonyl (C=O) groups is 1. The molecular formula is C20H29N3OS2. The van der Waals surface area contributed by atoms with Crippen LogP contribution in [0.2, 0.25) is 0 Å². The molecule has 0 bridgehead atoms. The van der Waals surface area contributed by atoms with Crippen molar-refractivity contribution in [3.05, 3.63) is 38.0 Å². The van der Waals surface area contributed by atoms with Gasteiger partial charge in [0.05, 0.1) is 10.7 Å². The van der Waals surface area contributed by atoms with Gasteiger partial charge in [-0.15, -0.1) is 22.7 Å². The van der Waals surface area contributed by atoms with Crippen LogP contribution < -0.4 is 5.32 Å². The predicted molar refractivity (Wildman–Crippen MR) is 110 cm³/mol. The maximum Gasteiger partial charge on any atom is 0.263 e. The normalized spacial score (nSPS) is 16.1. The Morgan fingerprint density at radius 2 is 2.19 bits per heavy atom. The number of hydrogen-bond acceptors (Lipinski definition) is 5. The van der Waals surface area contributed by atoms with Crippen molar-refractivity contribution in [1.82, 2.24) is 15.2 Å². The largest absolute Gasteiger partial charge is 0.351 e. The van der Waals surface area contributed by atoms with E-state index >= 15 is 0 Å². The first-order valence-corrected chi connectivity index (χ1v) is 11.3. The van der Waals surface area contributed by atoms with Gasteiger partial charge in [0, 0.05) is 18.0 Å².